The number of ether oxygens (including phenoxy) is 2. The van der Waals surface area contributed by atoms with Crippen LogP contribution in [0.25, 0.3) is 22.8 Å². The summed E-state index contributed by atoms with van der Waals surface area (Å²) in [4.78, 5) is 13.5. The molecule has 3 aromatic carbocycles. The van der Waals surface area contributed by atoms with Crippen molar-refractivity contribution in [1.29, 1.82) is 0 Å². The molecule has 0 N–H and O–H groups in total. The van der Waals surface area contributed by atoms with Gasteiger partial charge in [0.15, 0.2) is 17.3 Å². The van der Waals surface area contributed by atoms with Gasteiger partial charge < -0.3 is 14.0 Å². The van der Waals surface area contributed by atoms with Gasteiger partial charge in [0.2, 0.25) is 0 Å². The lowest BCUT2D eigenvalue weighted by Crippen LogP contribution is -2.15. The second-order valence-electron chi connectivity index (χ2n) is 7.99. The average molecular weight is 467 g/mol. The van der Waals surface area contributed by atoms with Crippen LogP contribution in [0.1, 0.15) is 13.0 Å². The van der Waals surface area contributed by atoms with Gasteiger partial charge in [-0.15, -0.1) is 0 Å². The number of aromatic nitrogens is 4. The molecule has 0 fully saturated rings. The molecule has 0 spiro atoms. The number of hydrogen-bond donors (Lipinski definition) is 0. The molecule has 0 amide bonds. The summed E-state index contributed by atoms with van der Waals surface area (Å²) in [7, 11) is 0. The summed E-state index contributed by atoms with van der Waals surface area (Å²) in [6.45, 7) is 2.46. The predicted molar refractivity (Wildman–Crippen MR) is 132 cm³/mol. The summed E-state index contributed by atoms with van der Waals surface area (Å²) >= 11 is 0. The van der Waals surface area contributed by atoms with Crippen molar-refractivity contribution in [1.82, 2.24) is 19.5 Å². The molecule has 0 bridgehead atoms. The van der Waals surface area contributed by atoms with Gasteiger partial charge >= 0.3 is 0 Å². The lowest BCUT2D eigenvalue weighted by Gasteiger charge is -2.18. The van der Waals surface area contributed by atoms with Gasteiger partial charge in [-0.05, 0) is 55.5 Å². The molecule has 0 radical (unpaired) electrons. The Morgan fingerprint density at radius 2 is 1.57 bits per heavy atom. The monoisotopic (exact) mass is 466 g/mol. The second kappa shape index (κ2) is 10.2. The number of halogens is 1. The first-order valence-electron chi connectivity index (χ1n) is 11.2. The van der Waals surface area contributed by atoms with Crippen molar-refractivity contribution in [2.75, 3.05) is 6.61 Å². The summed E-state index contributed by atoms with van der Waals surface area (Å²) in [6, 6.07) is 25.3. The topological polar surface area (TPSA) is 62.1 Å². The first kappa shape index (κ1) is 22.3. The summed E-state index contributed by atoms with van der Waals surface area (Å²) in [5, 5.41) is 0. The fourth-order valence-electron chi connectivity index (χ4n) is 3.65. The van der Waals surface area contributed by atoms with E-state index in [2.05, 4.69) is 9.97 Å². The Labute approximate surface area is 202 Å². The molecule has 5 rings (SSSR count). The number of nitrogens with zero attached hydrogens (tertiary/aromatic N) is 4. The zero-order valence-corrected chi connectivity index (χ0v) is 19.1. The molecule has 1 atom stereocenters. The lowest BCUT2D eigenvalue weighted by atomic mass is 10.2. The molecule has 35 heavy (non-hydrogen) atoms. The van der Waals surface area contributed by atoms with Crippen molar-refractivity contribution in [3.63, 3.8) is 0 Å². The van der Waals surface area contributed by atoms with Crippen LogP contribution < -0.4 is 9.47 Å². The van der Waals surface area contributed by atoms with Gasteiger partial charge in [0.05, 0.1) is 17.9 Å². The maximum Gasteiger partial charge on any atom is 0.175 e. The molecule has 0 saturated carbocycles. The van der Waals surface area contributed by atoms with Crippen LogP contribution in [0.15, 0.2) is 104 Å². The van der Waals surface area contributed by atoms with E-state index in [1.807, 2.05) is 78.4 Å². The molecule has 2 heterocycles. The van der Waals surface area contributed by atoms with Crippen LogP contribution in [0.2, 0.25) is 0 Å². The fraction of sp³-hybridized carbons (Fsp3) is 0.107. The number of benzene rings is 3. The average Bonchev–Trinajstić information content (AvgIpc) is 3.35. The fourth-order valence-corrected chi connectivity index (χ4v) is 3.65. The van der Waals surface area contributed by atoms with Crippen molar-refractivity contribution >= 4 is 0 Å². The summed E-state index contributed by atoms with van der Waals surface area (Å²) in [5.74, 6) is 2.23. The SMILES string of the molecule is CC(COc1ccccc1)n1cc(-c2ccc(F)cc2)nc1-c1ncncc1Oc1ccccc1. The largest absolute Gasteiger partial charge is 0.491 e. The van der Waals surface area contributed by atoms with Gasteiger partial charge in [-0.1, -0.05) is 36.4 Å². The molecule has 0 saturated heterocycles. The van der Waals surface area contributed by atoms with E-state index in [1.54, 1.807) is 18.3 Å². The zero-order valence-electron chi connectivity index (χ0n) is 19.1. The Bertz CT molecular complexity index is 1390. The highest BCUT2D eigenvalue weighted by molar-refractivity contribution is 5.66. The Morgan fingerprint density at radius 3 is 2.29 bits per heavy atom. The first-order valence-corrected chi connectivity index (χ1v) is 11.2. The number of imidazole rings is 1. The minimum Gasteiger partial charge on any atom is -0.491 e. The van der Waals surface area contributed by atoms with Crippen LogP contribution >= 0.6 is 0 Å². The Balaban J connectivity index is 1.53. The number of hydrogen-bond acceptors (Lipinski definition) is 5. The van der Waals surface area contributed by atoms with Crippen LogP contribution in [-0.2, 0) is 0 Å². The molecular weight excluding hydrogens is 443 g/mol. The molecule has 1 unspecified atom stereocenters. The third kappa shape index (κ3) is 5.19. The van der Waals surface area contributed by atoms with Crippen molar-refractivity contribution in [2.45, 2.75) is 13.0 Å². The minimum absolute atomic E-state index is 0.0913. The molecule has 0 aliphatic carbocycles. The predicted octanol–water partition coefficient (Wildman–Crippen LogP) is 6.58. The van der Waals surface area contributed by atoms with Gasteiger partial charge in [0.1, 0.15) is 30.3 Å². The maximum absolute atomic E-state index is 13.5. The van der Waals surface area contributed by atoms with Gasteiger partial charge in [0, 0.05) is 11.8 Å². The quantitative estimate of drug-likeness (QED) is 0.259. The third-order valence-electron chi connectivity index (χ3n) is 5.44. The molecule has 2 aromatic heterocycles. The van der Waals surface area contributed by atoms with E-state index in [0.717, 1.165) is 11.3 Å². The van der Waals surface area contributed by atoms with Crippen molar-refractivity contribution < 1.29 is 13.9 Å². The normalized spacial score (nSPS) is 11.7. The Hall–Kier alpha value is -4.52. The van der Waals surface area contributed by atoms with Crippen molar-refractivity contribution in [2.24, 2.45) is 0 Å². The van der Waals surface area contributed by atoms with E-state index in [1.165, 1.54) is 18.5 Å². The van der Waals surface area contributed by atoms with Crippen LogP contribution in [-0.4, -0.2) is 26.1 Å². The maximum atomic E-state index is 13.5. The van der Waals surface area contributed by atoms with E-state index in [0.29, 0.717) is 35.3 Å². The number of rotatable bonds is 8. The molecule has 6 nitrogen and oxygen atoms in total. The van der Waals surface area contributed by atoms with Crippen molar-refractivity contribution in [3.05, 3.63) is 109 Å². The van der Waals surface area contributed by atoms with Crippen LogP contribution in [0.3, 0.4) is 0 Å². The lowest BCUT2D eigenvalue weighted by molar-refractivity contribution is 0.261. The third-order valence-corrected chi connectivity index (χ3v) is 5.44. The molecule has 7 heteroatoms. The van der Waals surface area contributed by atoms with Gasteiger partial charge in [-0.2, -0.15) is 0 Å². The highest BCUT2D eigenvalue weighted by Gasteiger charge is 2.21. The minimum atomic E-state index is -0.299. The zero-order chi connectivity index (χ0) is 24.0. The molecule has 0 aliphatic rings. The molecule has 5 aromatic rings. The van der Waals surface area contributed by atoms with Gasteiger partial charge in [-0.3, -0.25) is 0 Å². The van der Waals surface area contributed by atoms with Gasteiger partial charge in [0.25, 0.3) is 0 Å². The van der Waals surface area contributed by atoms with E-state index >= 15 is 0 Å². The van der Waals surface area contributed by atoms with E-state index in [-0.39, 0.29) is 11.9 Å². The smallest absolute Gasteiger partial charge is 0.175 e. The van der Waals surface area contributed by atoms with E-state index in [9.17, 15) is 4.39 Å². The summed E-state index contributed by atoms with van der Waals surface area (Å²) in [6.07, 6.45) is 5.02. The van der Waals surface area contributed by atoms with Crippen LogP contribution in [0.4, 0.5) is 4.39 Å². The van der Waals surface area contributed by atoms with E-state index in [4.69, 9.17) is 14.5 Å². The standard InChI is InChI=1S/C28H23FN4O2/c1-20(18-34-23-8-4-2-5-9-23)33-17-25(21-12-14-22(29)15-13-21)32-28(33)27-26(16-30-19-31-27)35-24-10-6-3-7-11-24/h2-17,19-20H,18H2,1H3. The molecule has 174 valence electrons. The Morgan fingerprint density at radius 1 is 0.886 bits per heavy atom. The summed E-state index contributed by atoms with van der Waals surface area (Å²) in [5.41, 5.74) is 2.03. The van der Waals surface area contributed by atoms with E-state index < -0.39 is 0 Å². The van der Waals surface area contributed by atoms with Crippen molar-refractivity contribution in [3.8, 4) is 40.0 Å². The van der Waals surface area contributed by atoms with Crippen LogP contribution in [0, 0.1) is 5.82 Å². The van der Waals surface area contributed by atoms with Gasteiger partial charge in [-0.25, -0.2) is 19.3 Å². The molecule has 0 aliphatic heterocycles. The highest BCUT2D eigenvalue weighted by Crippen LogP contribution is 2.34. The summed E-state index contributed by atoms with van der Waals surface area (Å²) < 4.78 is 27.6. The molecular formula is C28H23FN4O2. The highest BCUT2D eigenvalue weighted by atomic mass is 19.1. The number of para-hydroxylation sites is 2. The Kier molecular flexibility index (Phi) is 6.48. The van der Waals surface area contributed by atoms with Crippen LogP contribution in [0.5, 0.6) is 17.2 Å². The second-order valence-corrected chi connectivity index (χ2v) is 7.99. The first-order chi connectivity index (χ1) is 17.2.